The number of benzene rings is 1. The van der Waals surface area contributed by atoms with Gasteiger partial charge in [0.25, 0.3) is 0 Å². The Morgan fingerprint density at radius 2 is 2.09 bits per heavy atom. The van der Waals surface area contributed by atoms with E-state index in [1.807, 2.05) is 19.9 Å². The Labute approximate surface area is 143 Å². The minimum absolute atomic E-state index is 0.0260. The molecule has 4 nitrogen and oxygen atoms in total. The van der Waals surface area contributed by atoms with Crippen LogP contribution < -0.4 is 5.32 Å². The van der Waals surface area contributed by atoms with Crippen LogP contribution in [0.15, 0.2) is 24.3 Å². The van der Waals surface area contributed by atoms with Crippen molar-refractivity contribution < 1.29 is 14.7 Å². The van der Waals surface area contributed by atoms with Crippen molar-refractivity contribution in [2.75, 3.05) is 5.32 Å². The second kappa shape index (κ2) is 5.98. The summed E-state index contributed by atoms with van der Waals surface area (Å²) in [6.45, 7) is 4.09. The minimum Gasteiger partial charge on any atom is -0.477 e. The van der Waals surface area contributed by atoms with Gasteiger partial charge in [0.05, 0.1) is 5.69 Å². The van der Waals surface area contributed by atoms with Crippen LogP contribution in [0.3, 0.4) is 0 Å². The molecule has 0 saturated carbocycles. The summed E-state index contributed by atoms with van der Waals surface area (Å²) in [4.78, 5) is 25.0. The van der Waals surface area contributed by atoms with E-state index >= 15 is 0 Å². The standard InChI is InChI=1S/C17H16ClNO3S/c1-8(2)10-7-12(20)19-14-13(9-5-3-4-6-11(9)18)16(17(21)22)23-15(10)14/h3-6,8,10H,7H2,1-2H3,(H,19,20)(H,21,22). The first-order valence-electron chi connectivity index (χ1n) is 7.34. The Bertz CT molecular complexity index is 797. The van der Waals surface area contributed by atoms with Crippen LogP contribution in [-0.4, -0.2) is 17.0 Å². The van der Waals surface area contributed by atoms with Gasteiger partial charge in [-0.25, -0.2) is 4.79 Å². The van der Waals surface area contributed by atoms with Gasteiger partial charge in [-0.05, 0) is 12.0 Å². The van der Waals surface area contributed by atoms with Crippen molar-refractivity contribution in [2.45, 2.75) is 26.2 Å². The fraction of sp³-hybridized carbons (Fsp3) is 0.294. The van der Waals surface area contributed by atoms with Gasteiger partial charge < -0.3 is 10.4 Å². The lowest BCUT2D eigenvalue weighted by atomic mass is 9.86. The third kappa shape index (κ3) is 2.75. The average molecular weight is 350 g/mol. The van der Waals surface area contributed by atoms with Crippen LogP contribution in [0, 0.1) is 5.92 Å². The Kier molecular flexibility index (Phi) is 4.17. The van der Waals surface area contributed by atoms with E-state index < -0.39 is 5.97 Å². The quantitative estimate of drug-likeness (QED) is 0.832. The lowest BCUT2D eigenvalue weighted by molar-refractivity contribution is -0.117. The first kappa shape index (κ1) is 16.0. The maximum Gasteiger partial charge on any atom is 0.346 e. The third-order valence-electron chi connectivity index (χ3n) is 4.08. The molecule has 0 radical (unpaired) electrons. The van der Waals surface area contributed by atoms with Crippen LogP contribution in [0.2, 0.25) is 5.02 Å². The van der Waals surface area contributed by atoms with Crippen molar-refractivity contribution in [3.63, 3.8) is 0 Å². The van der Waals surface area contributed by atoms with Gasteiger partial charge in [-0.3, -0.25) is 4.79 Å². The maximum atomic E-state index is 12.1. The predicted molar refractivity (Wildman–Crippen MR) is 92.6 cm³/mol. The summed E-state index contributed by atoms with van der Waals surface area (Å²) >= 11 is 7.51. The van der Waals surface area contributed by atoms with Gasteiger partial charge in [0.15, 0.2) is 0 Å². The molecule has 0 bridgehead atoms. The van der Waals surface area contributed by atoms with Crippen LogP contribution in [0.25, 0.3) is 11.1 Å². The first-order valence-corrected chi connectivity index (χ1v) is 8.54. The van der Waals surface area contributed by atoms with Gasteiger partial charge in [-0.2, -0.15) is 0 Å². The second-order valence-corrected chi connectivity index (χ2v) is 7.39. The van der Waals surface area contributed by atoms with E-state index in [1.54, 1.807) is 18.2 Å². The number of fused-ring (bicyclic) bond motifs is 1. The highest BCUT2D eigenvalue weighted by molar-refractivity contribution is 7.15. The van der Waals surface area contributed by atoms with Crippen molar-refractivity contribution in [3.05, 3.63) is 39.0 Å². The fourth-order valence-corrected chi connectivity index (χ4v) is 4.54. The van der Waals surface area contributed by atoms with Gasteiger partial charge in [0.1, 0.15) is 4.88 Å². The molecule has 120 valence electrons. The van der Waals surface area contributed by atoms with Gasteiger partial charge in [0.2, 0.25) is 5.91 Å². The van der Waals surface area contributed by atoms with Crippen molar-refractivity contribution in [1.82, 2.24) is 0 Å². The highest BCUT2D eigenvalue weighted by atomic mass is 35.5. The number of halogens is 1. The molecule has 0 spiro atoms. The SMILES string of the molecule is CC(C)C1CC(=O)Nc2c1sc(C(=O)O)c2-c1ccccc1Cl. The number of hydrogen-bond acceptors (Lipinski definition) is 3. The fourth-order valence-electron chi connectivity index (χ4n) is 2.93. The molecule has 1 atom stereocenters. The monoisotopic (exact) mass is 349 g/mol. The van der Waals surface area contributed by atoms with E-state index in [4.69, 9.17) is 11.6 Å². The second-order valence-electron chi connectivity index (χ2n) is 5.93. The summed E-state index contributed by atoms with van der Waals surface area (Å²) in [5, 5.41) is 12.9. The highest BCUT2D eigenvalue weighted by Gasteiger charge is 2.35. The lowest BCUT2D eigenvalue weighted by Crippen LogP contribution is -2.24. The predicted octanol–water partition coefficient (Wildman–Crippen LogP) is 4.85. The van der Waals surface area contributed by atoms with Crippen LogP contribution >= 0.6 is 22.9 Å². The molecule has 0 saturated heterocycles. The van der Waals surface area contributed by atoms with Gasteiger partial charge in [-0.15, -0.1) is 11.3 Å². The third-order valence-corrected chi connectivity index (χ3v) is 5.72. The molecule has 3 rings (SSSR count). The molecular formula is C17H16ClNO3S. The first-order chi connectivity index (χ1) is 10.9. The number of amides is 1. The Hall–Kier alpha value is -1.85. The van der Waals surface area contributed by atoms with Crippen LogP contribution in [0.4, 0.5) is 5.69 Å². The summed E-state index contributed by atoms with van der Waals surface area (Å²) in [7, 11) is 0. The number of carbonyl (C=O) groups excluding carboxylic acids is 1. The maximum absolute atomic E-state index is 12.1. The topological polar surface area (TPSA) is 66.4 Å². The van der Waals surface area contributed by atoms with Crippen molar-refractivity contribution in [2.24, 2.45) is 5.92 Å². The number of aromatic carboxylic acids is 1. The number of carbonyl (C=O) groups is 2. The van der Waals surface area contributed by atoms with E-state index in [0.29, 0.717) is 28.3 Å². The number of carboxylic acid groups (broad SMARTS) is 1. The van der Waals surface area contributed by atoms with Gasteiger partial charge >= 0.3 is 5.97 Å². The molecule has 1 aromatic carbocycles. The Balaban J connectivity index is 2.30. The smallest absolute Gasteiger partial charge is 0.346 e. The molecule has 1 aliphatic rings. The van der Waals surface area contributed by atoms with Crippen LogP contribution in [0.5, 0.6) is 0 Å². The number of anilines is 1. The summed E-state index contributed by atoms with van der Waals surface area (Å²) in [5.74, 6) is -0.812. The van der Waals surface area contributed by atoms with E-state index in [1.165, 1.54) is 11.3 Å². The zero-order valence-corrected chi connectivity index (χ0v) is 14.3. The Morgan fingerprint density at radius 3 is 2.70 bits per heavy atom. The summed E-state index contributed by atoms with van der Waals surface area (Å²) in [6.07, 6.45) is 0.381. The zero-order chi connectivity index (χ0) is 16.7. The van der Waals surface area contributed by atoms with E-state index in [0.717, 1.165) is 4.88 Å². The zero-order valence-electron chi connectivity index (χ0n) is 12.7. The summed E-state index contributed by atoms with van der Waals surface area (Å²) in [5.41, 5.74) is 1.76. The number of thiophene rings is 1. The number of carboxylic acids is 1. The molecule has 1 aromatic heterocycles. The Morgan fingerprint density at radius 1 is 1.39 bits per heavy atom. The van der Waals surface area contributed by atoms with Crippen molar-refractivity contribution in [3.8, 4) is 11.1 Å². The largest absolute Gasteiger partial charge is 0.477 e. The number of hydrogen-bond donors (Lipinski definition) is 2. The number of rotatable bonds is 3. The average Bonchev–Trinajstić information content (AvgIpc) is 2.86. The molecule has 1 unspecified atom stereocenters. The molecule has 0 fully saturated rings. The van der Waals surface area contributed by atoms with Gasteiger partial charge in [0, 0.05) is 33.4 Å². The molecule has 23 heavy (non-hydrogen) atoms. The van der Waals surface area contributed by atoms with Crippen LogP contribution in [-0.2, 0) is 4.79 Å². The number of nitrogens with one attached hydrogen (secondary N) is 1. The van der Waals surface area contributed by atoms with E-state index in [-0.39, 0.29) is 22.6 Å². The lowest BCUT2D eigenvalue weighted by Gasteiger charge is -2.26. The van der Waals surface area contributed by atoms with Crippen molar-refractivity contribution in [1.29, 1.82) is 0 Å². The molecular weight excluding hydrogens is 334 g/mol. The van der Waals surface area contributed by atoms with E-state index in [2.05, 4.69) is 5.32 Å². The molecule has 0 aliphatic carbocycles. The van der Waals surface area contributed by atoms with Crippen LogP contribution in [0.1, 0.15) is 40.7 Å². The minimum atomic E-state index is -1.00. The summed E-state index contributed by atoms with van der Waals surface area (Å²) < 4.78 is 0. The molecule has 2 N–H and O–H groups in total. The normalized spacial score (nSPS) is 17.0. The molecule has 2 heterocycles. The molecule has 6 heteroatoms. The molecule has 1 aliphatic heterocycles. The van der Waals surface area contributed by atoms with Gasteiger partial charge in [-0.1, -0.05) is 43.6 Å². The highest BCUT2D eigenvalue weighted by Crippen LogP contribution is 2.50. The van der Waals surface area contributed by atoms with E-state index in [9.17, 15) is 14.7 Å². The van der Waals surface area contributed by atoms with Crippen molar-refractivity contribution >= 4 is 40.5 Å². The summed E-state index contributed by atoms with van der Waals surface area (Å²) in [6, 6.07) is 7.10. The molecule has 2 aromatic rings. The molecule has 1 amide bonds.